The van der Waals surface area contributed by atoms with Crippen LogP contribution in [0.2, 0.25) is 0 Å². The Kier molecular flexibility index (Phi) is 59.6. The van der Waals surface area contributed by atoms with Crippen molar-refractivity contribution >= 4 is 121 Å². The summed E-state index contributed by atoms with van der Waals surface area (Å²) in [4.78, 5) is 46.0. The van der Waals surface area contributed by atoms with E-state index in [1.54, 1.807) is 41.5 Å². The Balaban J connectivity index is -0.00000147. The second kappa shape index (κ2) is 56.9. The number of hydrogen-bond acceptors (Lipinski definition) is 32. The van der Waals surface area contributed by atoms with Gasteiger partial charge in [0.05, 0.1) is 78.0 Å². The standard InChI is InChI=1S/2C21H42NO5PS.C15H32NO3PS.C12H28NO3PS.C11H25O3PS.C8H19O3PS/c2*1-19(2,3)26-28(24,27-20(4,5)6)29-17-16-25-18(23)21(7,8)12-15-22-13-10-9-11-14-22;1-14(2,3)18-20(17,19-15(4,5)6)21-13-12-16-10-8-7-9-11-16;1-11(2,3)15-17(14,16-12(4,5)6)18-10-9-13(7)8;1-8-9-16-15(12,13-10(2,3)4)14-11(5,6)7;1-7(2,3)10-12(9,13)11-8(4,5)6/h2*9-17H2,1-8H3;7-13H2,1-6H3;9-10H2,1-8H3;8-9H2,1-7H3;1-6H3,(H,9,13)/p-1. The van der Waals surface area contributed by atoms with Gasteiger partial charge in [0.15, 0.2) is 0 Å². The smallest absolute Gasteiger partial charge is 0.390 e. The van der Waals surface area contributed by atoms with E-state index >= 15 is 0 Å². The predicted molar refractivity (Wildman–Crippen MR) is 543 cm³/mol. The quantitative estimate of drug-likeness (QED) is 0.0314. The molecule has 3 rings (SSSR count). The van der Waals surface area contributed by atoms with Gasteiger partial charge in [0.25, 0.3) is 0 Å². The minimum Gasteiger partial charge on any atom is -0.780 e. The Labute approximate surface area is 796 Å². The van der Waals surface area contributed by atoms with E-state index in [9.17, 15) is 37.3 Å². The van der Waals surface area contributed by atoms with E-state index in [0.29, 0.717) is 11.5 Å². The van der Waals surface area contributed by atoms with Crippen molar-refractivity contribution in [2.75, 3.05) is 122 Å². The molecular formula is C88H187N4O22P6S6-. The number of rotatable bonds is 39. The molecule has 3 aliphatic heterocycles. The van der Waals surface area contributed by atoms with E-state index in [4.69, 9.17) is 75.6 Å². The van der Waals surface area contributed by atoms with Gasteiger partial charge in [-0.2, -0.15) is 0 Å². The van der Waals surface area contributed by atoms with Crippen molar-refractivity contribution in [3.8, 4) is 0 Å². The normalized spacial score (nSPS) is 16.5. The fraction of sp³-hybridized carbons (Fsp3) is 0.977. The van der Waals surface area contributed by atoms with Crippen LogP contribution in [-0.4, -0.2) is 220 Å². The van der Waals surface area contributed by atoms with Gasteiger partial charge in [0.2, 0.25) is 0 Å². The first-order chi connectivity index (χ1) is 56.0. The van der Waals surface area contributed by atoms with Crippen molar-refractivity contribution in [1.82, 2.24) is 19.6 Å². The molecule has 0 atom stereocenters. The van der Waals surface area contributed by atoms with Gasteiger partial charge in [-0.1, -0.05) is 38.0 Å². The van der Waals surface area contributed by atoms with E-state index in [1.807, 2.05) is 261 Å². The molecule has 3 saturated heterocycles. The van der Waals surface area contributed by atoms with Gasteiger partial charge in [-0.05, 0) is 458 Å². The lowest BCUT2D eigenvalue weighted by atomic mass is 9.89. The molecule has 758 valence electrons. The van der Waals surface area contributed by atoms with Crippen molar-refractivity contribution in [2.45, 2.75) is 428 Å². The highest BCUT2D eigenvalue weighted by Gasteiger charge is 2.43. The molecule has 0 aromatic carbocycles. The van der Waals surface area contributed by atoms with Crippen molar-refractivity contribution in [2.24, 2.45) is 10.8 Å². The summed E-state index contributed by atoms with van der Waals surface area (Å²) in [5.74, 6) is 2.58. The molecule has 26 nitrogen and oxygen atoms in total. The van der Waals surface area contributed by atoms with Gasteiger partial charge in [0, 0.05) is 41.9 Å². The summed E-state index contributed by atoms with van der Waals surface area (Å²) in [6, 6.07) is 0. The molecule has 0 aromatic heterocycles. The van der Waals surface area contributed by atoms with E-state index in [-0.39, 0.29) is 25.2 Å². The van der Waals surface area contributed by atoms with E-state index in [1.165, 1.54) is 91.9 Å². The van der Waals surface area contributed by atoms with Crippen molar-refractivity contribution in [3.63, 3.8) is 0 Å². The summed E-state index contributed by atoms with van der Waals surface area (Å²) in [6.07, 6.45) is 14.0. The van der Waals surface area contributed by atoms with Crippen LogP contribution in [0.25, 0.3) is 0 Å². The van der Waals surface area contributed by atoms with Crippen LogP contribution in [0.15, 0.2) is 0 Å². The number of hydrogen-bond donors (Lipinski definition) is 0. The third-order valence-electron chi connectivity index (χ3n) is 15.2. The zero-order chi connectivity index (χ0) is 99.4. The zero-order valence-electron chi connectivity index (χ0n) is 87.4. The summed E-state index contributed by atoms with van der Waals surface area (Å²) >= 11 is 10.8. The van der Waals surface area contributed by atoms with E-state index < -0.39 is 119 Å². The Morgan fingerprint density at radius 3 is 0.690 bits per heavy atom. The van der Waals surface area contributed by atoms with Crippen LogP contribution in [-0.2, 0) is 108 Å². The first-order valence-electron chi connectivity index (χ1n) is 45.1. The van der Waals surface area contributed by atoms with Crippen molar-refractivity contribution in [1.29, 1.82) is 0 Å². The van der Waals surface area contributed by atoms with E-state index in [2.05, 4.69) is 14.7 Å². The average Bonchev–Trinajstić information content (AvgIpc) is 0.852. The lowest BCUT2D eigenvalue weighted by Crippen LogP contribution is -2.36. The Morgan fingerprint density at radius 1 is 0.302 bits per heavy atom. The van der Waals surface area contributed by atoms with Gasteiger partial charge < -0.3 is 43.0 Å². The minimum absolute atomic E-state index is 0.182. The predicted octanol–water partition coefficient (Wildman–Crippen LogP) is 27.8. The van der Waals surface area contributed by atoms with Gasteiger partial charge >= 0.3 is 45.9 Å². The molecule has 0 aliphatic carbocycles. The maximum absolute atomic E-state index is 13.1. The van der Waals surface area contributed by atoms with Gasteiger partial charge in [-0.25, -0.2) is 22.8 Å². The molecule has 0 amide bonds. The van der Waals surface area contributed by atoms with Crippen LogP contribution in [0.3, 0.4) is 0 Å². The monoisotopic (exact) mass is 2030 g/mol. The summed E-state index contributed by atoms with van der Waals surface area (Å²) in [7, 11) is 3.97. The fourth-order valence-electron chi connectivity index (χ4n) is 10.8. The van der Waals surface area contributed by atoms with Crippen LogP contribution in [0.1, 0.15) is 361 Å². The number of ether oxygens (including phenoxy) is 2. The molecule has 0 N–H and O–H groups in total. The molecule has 126 heavy (non-hydrogen) atoms. The first kappa shape index (κ1) is 132. The summed E-state index contributed by atoms with van der Waals surface area (Å²) in [5, 5.41) is 0. The molecule has 3 heterocycles. The number of nitrogens with zero attached hydrogens (tertiary/aromatic N) is 4. The highest BCUT2D eigenvalue weighted by molar-refractivity contribution is 8.56. The lowest BCUT2D eigenvalue weighted by molar-refractivity contribution is -0.222. The number of carbonyl (C=O) groups is 2. The average molecular weight is 2030 g/mol. The maximum atomic E-state index is 13.1. The van der Waals surface area contributed by atoms with Gasteiger partial charge in [-0.15, -0.1) is 0 Å². The molecule has 0 radical (unpaired) electrons. The maximum Gasteiger partial charge on any atom is 0.390 e. The van der Waals surface area contributed by atoms with Crippen molar-refractivity contribution < 1.29 is 101 Å². The highest BCUT2D eigenvalue weighted by Crippen LogP contribution is 2.69. The number of esters is 2. The molecule has 38 heteroatoms. The SMILES string of the molecule is CC(C)(C)OP(=O)(OC(C)(C)C)SCCN1CCCCC1.CC(C)(C)OP(=O)(OC(C)(C)C)SCCOC(=O)C(C)(C)CCN1CCCCC1.CC(C)(C)OP(=O)(OC(C)(C)C)SCCOC(=O)C(C)(C)CCN1CCCCC1.CC(C)(C)OP([O-])(=S)OC(C)(C)C.CCCSP(=O)(OC(C)(C)C)OC(C)(C)C.CN(C)CCSP(=O)(OC(C)(C)C)OC(C)(C)C. The highest BCUT2D eigenvalue weighted by atomic mass is 32.7. The Bertz CT molecular complexity index is 3120. The molecule has 0 unspecified atom stereocenters. The summed E-state index contributed by atoms with van der Waals surface area (Å²) in [5.41, 5.74) is -7.35. The van der Waals surface area contributed by atoms with Gasteiger partial charge in [-0.3, -0.25) is 54.8 Å². The number of carbonyl (C=O) groups excluding carboxylic acids is 2. The molecule has 0 aromatic rings. The molecular weight excluding hydrogens is 1840 g/mol. The number of likely N-dealkylation sites (tertiary alicyclic amines) is 3. The lowest BCUT2D eigenvalue weighted by Gasteiger charge is -2.38. The molecule has 3 aliphatic rings. The van der Waals surface area contributed by atoms with Crippen LogP contribution in [0.5, 0.6) is 0 Å². The molecule has 3 fully saturated rings. The second-order valence-electron chi connectivity index (χ2n) is 45.3. The van der Waals surface area contributed by atoms with Crippen LogP contribution in [0.4, 0.5) is 0 Å². The third kappa shape index (κ3) is 79.7. The Morgan fingerprint density at radius 2 is 0.492 bits per heavy atom. The van der Waals surface area contributed by atoms with Gasteiger partial charge in [0.1, 0.15) is 19.9 Å². The summed E-state index contributed by atoms with van der Waals surface area (Å²) in [6.45, 7) is 68.2. The van der Waals surface area contributed by atoms with E-state index in [0.717, 1.165) is 125 Å². The summed E-state index contributed by atoms with van der Waals surface area (Å²) < 4.78 is 143. The van der Waals surface area contributed by atoms with Crippen LogP contribution in [0, 0.1) is 10.8 Å². The fourth-order valence-corrected chi connectivity index (χ4v) is 36.5. The Hall–Kier alpha value is 1.81. The zero-order valence-corrected chi connectivity index (χ0v) is 97.7. The molecule has 0 spiro atoms. The molecule has 0 bridgehead atoms. The van der Waals surface area contributed by atoms with Crippen LogP contribution >= 0.6 is 97.6 Å². The van der Waals surface area contributed by atoms with Crippen molar-refractivity contribution in [3.05, 3.63) is 0 Å². The topological polar surface area (TPSA) is 285 Å². The number of piperidine rings is 3. The first-order valence-corrected chi connectivity index (χ1v) is 63.4. The largest absolute Gasteiger partial charge is 0.780 e. The molecule has 0 saturated carbocycles. The third-order valence-corrected chi connectivity index (χ3v) is 38.2. The second-order valence-corrected chi connectivity index (χ2v) is 68.2. The minimum atomic E-state index is -3.38. The van der Waals surface area contributed by atoms with Crippen LogP contribution < -0.4 is 4.89 Å².